The molecule has 2 aromatic heterocycles. The number of aryl methyl sites for hydroxylation is 1. The van der Waals surface area contributed by atoms with Crippen molar-refractivity contribution in [1.82, 2.24) is 9.66 Å². The normalized spacial score (nSPS) is 11.0. The van der Waals surface area contributed by atoms with Crippen LogP contribution in [-0.2, 0) is 6.42 Å². The number of hydrogen-bond acceptors (Lipinski definition) is 7. The summed E-state index contributed by atoms with van der Waals surface area (Å²) in [5.74, 6) is 0.951. The first-order chi connectivity index (χ1) is 12.7. The SMILES string of the molecule is CCc1cc2c(=O)n(/N=C\c3ccc(OCC#N)c(OC)c3)cnc2s1. The quantitative estimate of drug-likeness (QED) is 0.624. The zero-order chi connectivity index (χ0) is 18.5. The number of ether oxygens (including phenoxy) is 2. The van der Waals surface area contributed by atoms with E-state index in [1.54, 1.807) is 24.4 Å². The highest BCUT2D eigenvalue weighted by Gasteiger charge is 2.08. The summed E-state index contributed by atoms with van der Waals surface area (Å²) in [6.45, 7) is 1.98. The van der Waals surface area contributed by atoms with Crippen molar-refractivity contribution in [3.63, 3.8) is 0 Å². The number of nitriles is 1. The second kappa shape index (κ2) is 7.80. The number of methoxy groups -OCH3 is 1. The maximum Gasteiger partial charge on any atom is 0.282 e. The minimum absolute atomic E-state index is 0.0642. The number of rotatable bonds is 6. The number of hydrogen-bond donors (Lipinski definition) is 0. The van der Waals surface area contributed by atoms with Gasteiger partial charge in [0.05, 0.1) is 18.7 Å². The number of nitrogens with zero attached hydrogens (tertiary/aromatic N) is 4. The molecule has 0 aliphatic rings. The lowest BCUT2D eigenvalue weighted by Gasteiger charge is -2.08. The van der Waals surface area contributed by atoms with Gasteiger partial charge >= 0.3 is 0 Å². The maximum atomic E-state index is 12.5. The molecule has 26 heavy (non-hydrogen) atoms. The number of benzene rings is 1. The van der Waals surface area contributed by atoms with Crippen molar-refractivity contribution < 1.29 is 9.47 Å². The molecule has 132 valence electrons. The average Bonchev–Trinajstić information content (AvgIpc) is 3.10. The van der Waals surface area contributed by atoms with Gasteiger partial charge in [-0.3, -0.25) is 4.79 Å². The minimum Gasteiger partial charge on any atom is -0.493 e. The van der Waals surface area contributed by atoms with Crippen LogP contribution in [0.1, 0.15) is 17.4 Å². The summed E-state index contributed by atoms with van der Waals surface area (Å²) in [6.07, 6.45) is 3.82. The fourth-order valence-corrected chi connectivity index (χ4v) is 3.27. The molecular formula is C18H16N4O3S. The lowest BCUT2D eigenvalue weighted by Crippen LogP contribution is -2.16. The molecule has 3 rings (SSSR count). The smallest absolute Gasteiger partial charge is 0.282 e. The largest absolute Gasteiger partial charge is 0.493 e. The molecule has 1 aromatic carbocycles. The molecule has 0 aliphatic heterocycles. The van der Waals surface area contributed by atoms with Crippen LogP contribution in [0.3, 0.4) is 0 Å². The molecular weight excluding hydrogens is 352 g/mol. The average molecular weight is 368 g/mol. The Balaban J connectivity index is 1.90. The Kier molecular flexibility index (Phi) is 5.29. The predicted octanol–water partition coefficient (Wildman–Crippen LogP) is 2.81. The third kappa shape index (κ3) is 3.58. The Labute approximate surface area is 153 Å². The van der Waals surface area contributed by atoms with E-state index in [2.05, 4.69) is 10.1 Å². The monoisotopic (exact) mass is 368 g/mol. The van der Waals surface area contributed by atoms with E-state index in [-0.39, 0.29) is 12.2 Å². The van der Waals surface area contributed by atoms with Gasteiger partial charge in [0.1, 0.15) is 17.2 Å². The number of fused-ring (bicyclic) bond motifs is 1. The van der Waals surface area contributed by atoms with Crippen molar-refractivity contribution in [1.29, 1.82) is 5.26 Å². The van der Waals surface area contributed by atoms with E-state index >= 15 is 0 Å². The Morgan fingerprint density at radius 3 is 2.96 bits per heavy atom. The van der Waals surface area contributed by atoms with Crippen molar-refractivity contribution in [3.05, 3.63) is 51.4 Å². The van der Waals surface area contributed by atoms with Gasteiger partial charge in [0.25, 0.3) is 5.56 Å². The van der Waals surface area contributed by atoms with E-state index in [9.17, 15) is 4.79 Å². The Hall–Kier alpha value is -3.18. The van der Waals surface area contributed by atoms with Crippen LogP contribution in [0.4, 0.5) is 0 Å². The first-order valence-electron chi connectivity index (χ1n) is 7.88. The third-order valence-corrected chi connectivity index (χ3v) is 4.83. The van der Waals surface area contributed by atoms with E-state index in [1.165, 1.54) is 29.5 Å². The molecule has 0 saturated heterocycles. The minimum atomic E-state index is -0.205. The summed E-state index contributed by atoms with van der Waals surface area (Å²) in [5.41, 5.74) is 0.515. The van der Waals surface area contributed by atoms with Crippen LogP contribution in [0.2, 0.25) is 0 Å². The van der Waals surface area contributed by atoms with Gasteiger partial charge in [-0.15, -0.1) is 11.3 Å². The Morgan fingerprint density at radius 2 is 2.23 bits per heavy atom. The van der Waals surface area contributed by atoms with Crippen LogP contribution < -0.4 is 15.0 Å². The van der Waals surface area contributed by atoms with Gasteiger partial charge in [0.15, 0.2) is 18.1 Å². The van der Waals surface area contributed by atoms with Gasteiger partial charge in [-0.2, -0.15) is 15.0 Å². The molecule has 0 amide bonds. The lowest BCUT2D eigenvalue weighted by molar-refractivity contribution is 0.329. The van der Waals surface area contributed by atoms with E-state index < -0.39 is 0 Å². The van der Waals surface area contributed by atoms with E-state index in [0.717, 1.165) is 21.7 Å². The molecule has 7 nitrogen and oxygen atoms in total. The van der Waals surface area contributed by atoms with Crippen LogP contribution >= 0.6 is 11.3 Å². The van der Waals surface area contributed by atoms with Crippen LogP contribution in [-0.4, -0.2) is 29.6 Å². The van der Waals surface area contributed by atoms with Crippen LogP contribution in [0.25, 0.3) is 10.2 Å². The molecule has 0 unspecified atom stereocenters. The lowest BCUT2D eigenvalue weighted by atomic mass is 10.2. The first kappa shape index (κ1) is 17.6. The van der Waals surface area contributed by atoms with Crippen molar-refractivity contribution in [2.24, 2.45) is 5.10 Å². The summed E-state index contributed by atoms with van der Waals surface area (Å²) < 4.78 is 11.7. The maximum absolute atomic E-state index is 12.5. The first-order valence-corrected chi connectivity index (χ1v) is 8.70. The summed E-state index contributed by atoms with van der Waals surface area (Å²) in [5, 5.41) is 13.4. The number of aromatic nitrogens is 2. The fourth-order valence-electron chi connectivity index (χ4n) is 2.34. The fraction of sp³-hybridized carbons (Fsp3) is 0.222. The van der Waals surface area contributed by atoms with E-state index in [1.807, 2.05) is 19.1 Å². The summed E-state index contributed by atoms with van der Waals surface area (Å²) in [6, 6.07) is 8.94. The zero-order valence-electron chi connectivity index (χ0n) is 14.3. The summed E-state index contributed by atoms with van der Waals surface area (Å²) in [7, 11) is 1.51. The molecule has 8 heteroatoms. The van der Waals surface area contributed by atoms with Crippen LogP contribution in [0.5, 0.6) is 11.5 Å². The molecule has 0 N–H and O–H groups in total. The highest BCUT2D eigenvalue weighted by atomic mass is 32.1. The van der Waals surface area contributed by atoms with Gasteiger partial charge in [-0.1, -0.05) is 6.92 Å². The van der Waals surface area contributed by atoms with Gasteiger partial charge in [-0.05, 0) is 36.2 Å². The molecule has 0 spiro atoms. The summed E-state index contributed by atoms with van der Waals surface area (Å²) >= 11 is 1.52. The molecule has 0 bridgehead atoms. The molecule has 3 aromatic rings. The van der Waals surface area contributed by atoms with E-state index in [4.69, 9.17) is 14.7 Å². The Morgan fingerprint density at radius 1 is 1.38 bits per heavy atom. The third-order valence-electron chi connectivity index (χ3n) is 3.65. The van der Waals surface area contributed by atoms with Gasteiger partial charge < -0.3 is 9.47 Å². The van der Waals surface area contributed by atoms with Crippen LogP contribution in [0.15, 0.2) is 40.5 Å². The molecule has 2 heterocycles. The second-order valence-electron chi connectivity index (χ2n) is 5.28. The van der Waals surface area contributed by atoms with Crippen molar-refractivity contribution >= 4 is 27.8 Å². The molecule has 0 saturated carbocycles. The van der Waals surface area contributed by atoms with Gasteiger partial charge in [-0.25, -0.2) is 4.98 Å². The second-order valence-corrected chi connectivity index (χ2v) is 6.40. The van der Waals surface area contributed by atoms with Crippen LogP contribution in [0, 0.1) is 11.3 Å². The zero-order valence-corrected chi connectivity index (χ0v) is 15.1. The topological polar surface area (TPSA) is 89.5 Å². The summed E-state index contributed by atoms with van der Waals surface area (Å²) in [4.78, 5) is 18.6. The highest BCUT2D eigenvalue weighted by Crippen LogP contribution is 2.27. The molecule has 0 atom stereocenters. The number of thiophene rings is 1. The predicted molar refractivity (Wildman–Crippen MR) is 100 cm³/mol. The van der Waals surface area contributed by atoms with Gasteiger partial charge in [0, 0.05) is 4.88 Å². The molecule has 0 aliphatic carbocycles. The standard InChI is InChI=1S/C18H16N4O3S/c1-3-13-9-14-17(26-13)20-11-22(18(14)23)21-10-12-4-5-15(25-7-6-19)16(8-12)24-2/h4-5,8-11H,3,7H2,1-2H3/b21-10-. The highest BCUT2D eigenvalue weighted by molar-refractivity contribution is 7.18. The van der Waals surface area contributed by atoms with Crippen molar-refractivity contribution in [3.8, 4) is 17.6 Å². The van der Waals surface area contributed by atoms with Crippen molar-refractivity contribution in [2.45, 2.75) is 13.3 Å². The molecule has 0 fully saturated rings. The Bertz CT molecular complexity index is 1060. The van der Waals surface area contributed by atoms with Crippen molar-refractivity contribution in [2.75, 3.05) is 13.7 Å². The molecule has 0 radical (unpaired) electrons. The van der Waals surface area contributed by atoms with E-state index in [0.29, 0.717) is 16.9 Å². The van der Waals surface area contributed by atoms with Gasteiger partial charge in [0.2, 0.25) is 0 Å².